The summed E-state index contributed by atoms with van der Waals surface area (Å²) in [4.78, 5) is 6.75. The minimum Gasteiger partial charge on any atom is -0.444 e. The Bertz CT molecular complexity index is 657. The Hall–Kier alpha value is -1.73. The molecule has 3 rings (SSSR count). The number of oxazole rings is 1. The van der Waals surface area contributed by atoms with E-state index in [2.05, 4.69) is 40.9 Å². The van der Waals surface area contributed by atoms with Crippen LogP contribution in [0.4, 0.5) is 0 Å². The highest BCUT2D eigenvalue weighted by molar-refractivity contribution is 5.07. The van der Waals surface area contributed by atoms with E-state index in [1.807, 2.05) is 17.8 Å². The van der Waals surface area contributed by atoms with Crippen LogP contribution in [0.2, 0.25) is 0 Å². The van der Waals surface area contributed by atoms with Crippen molar-refractivity contribution in [2.24, 2.45) is 7.05 Å². The van der Waals surface area contributed by atoms with Crippen LogP contribution in [0.1, 0.15) is 50.7 Å². The van der Waals surface area contributed by atoms with Crippen LogP contribution in [0.5, 0.6) is 0 Å². The van der Waals surface area contributed by atoms with Gasteiger partial charge in [0.2, 0.25) is 5.89 Å². The van der Waals surface area contributed by atoms with Crippen molar-refractivity contribution in [1.82, 2.24) is 24.6 Å². The molecule has 7 heteroatoms. The molecule has 1 aliphatic heterocycles. The molecule has 0 spiro atoms. The first-order valence-electron chi connectivity index (χ1n) is 7.94. The molecule has 0 aromatic carbocycles. The molecule has 3 heterocycles. The van der Waals surface area contributed by atoms with Crippen molar-refractivity contribution in [3.63, 3.8) is 0 Å². The van der Waals surface area contributed by atoms with E-state index in [9.17, 15) is 0 Å². The largest absolute Gasteiger partial charge is 0.444 e. The summed E-state index contributed by atoms with van der Waals surface area (Å²) in [6, 6.07) is 0.164. The van der Waals surface area contributed by atoms with E-state index < -0.39 is 0 Å². The Morgan fingerprint density at radius 3 is 2.74 bits per heavy atom. The third-order valence-corrected chi connectivity index (χ3v) is 4.37. The minimum absolute atomic E-state index is 0.0334. The average Bonchev–Trinajstić information content (AvgIpc) is 3.18. The standard InChI is InChI=1S/C16H25N5O2/c1-16(2,3)13-7-17-14(23-13)9-21-8-11(22-5)6-12(21)15-19-18-10-20(15)4/h7,10-12H,6,8-9H2,1-5H3/t11-,12+/m1/s1. The summed E-state index contributed by atoms with van der Waals surface area (Å²) in [6.45, 7) is 7.85. The number of hydrogen-bond acceptors (Lipinski definition) is 6. The van der Waals surface area contributed by atoms with E-state index in [1.165, 1.54) is 0 Å². The molecule has 0 N–H and O–H groups in total. The lowest BCUT2D eigenvalue weighted by molar-refractivity contribution is 0.105. The number of likely N-dealkylation sites (tertiary alicyclic amines) is 1. The number of rotatable bonds is 4. The van der Waals surface area contributed by atoms with Crippen molar-refractivity contribution in [2.75, 3.05) is 13.7 Å². The molecule has 1 aliphatic rings. The highest BCUT2D eigenvalue weighted by Crippen LogP contribution is 2.33. The second-order valence-corrected chi connectivity index (χ2v) is 7.21. The van der Waals surface area contributed by atoms with Crippen LogP contribution < -0.4 is 0 Å². The number of methoxy groups -OCH3 is 1. The summed E-state index contributed by atoms with van der Waals surface area (Å²) in [5, 5.41) is 8.27. The van der Waals surface area contributed by atoms with Crippen LogP contribution in [0.3, 0.4) is 0 Å². The Morgan fingerprint density at radius 2 is 2.17 bits per heavy atom. The van der Waals surface area contributed by atoms with Gasteiger partial charge in [-0.05, 0) is 6.42 Å². The fourth-order valence-electron chi connectivity index (χ4n) is 2.97. The lowest BCUT2D eigenvalue weighted by Crippen LogP contribution is -2.26. The summed E-state index contributed by atoms with van der Waals surface area (Å²) in [5.41, 5.74) is -0.0334. The van der Waals surface area contributed by atoms with Gasteiger partial charge in [0.1, 0.15) is 17.9 Å². The van der Waals surface area contributed by atoms with Gasteiger partial charge in [-0.2, -0.15) is 0 Å². The van der Waals surface area contributed by atoms with Gasteiger partial charge >= 0.3 is 0 Å². The highest BCUT2D eigenvalue weighted by Gasteiger charge is 2.36. The third kappa shape index (κ3) is 3.30. The van der Waals surface area contributed by atoms with Gasteiger partial charge in [0.25, 0.3) is 0 Å². The number of hydrogen-bond donors (Lipinski definition) is 0. The van der Waals surface area contributed by atoms with Gasteiger partial charge in [-0.1, -0.05) is 20.8 Å². The van der Waals surface area contributed by atoms with E-state index in [-0.39, 0.29) is 17.6 Å². The molecule has 1 fully saturated rings. The molecule has 2 aromatic heterocycles. The normalized spacial score (nSPS) is 22.8. The van der Waals surface area contributed by atoms with Crippen molar-refractivity contribution in [3.8, 4) is 0 Å². The number of ether oxygens (including phenoxy) is 1. The lowest BCUT2D eigenvalue weighted by Gasteiger charge is -2.21. The number of aromatic nitrogens is 4. The van der Waals surface area contributed by atoms with E-state index in [1.54, 1.807) is 13.4 Å². The molecule has 0 saturated carbocycles. The zero-order valence-electron chi connectivity index (χ0n) is 14.5. The third-order valence-electron chi connectivity index (χ3n) is 4.37. The van der Waals surface area contributed by atoms with Crippen LogP contribution in [-0.4, -0.2) is 44.4 Å². The van der Waals surface area contributed by atoms with Gasteiger partial charge < -0.3 is 13.7 Å². The topological polar surface area (TPSA) is 69.2 Å². The van der Waals surface area contributed by atoms with Crippen molar-refractivity contribution < 1.29 is 9.15 Å². The molecular weight excluding hydrogens is 294 g/mol. The number of nitrogens with zero attached hydrogens (tertiary/aromatic N) is 5. The zero-order chi connectivity index (χ0) is 16.6. The van der Waals surface area contributed by atoms with E-state index in [0.717, 1.165) is 30.4 Å². The predicted octanol–water partition coefficient (Wildman–Crippen LogP) is 2.06. The summed E-state index contributed by atoms with van der Waals surface area (Å²) in [7, 11) is 3.72. The first-order chi connectivity index (χ1) is 10.9. The molecule has 7 nitrogen and oxygen atoms in total. The molecule has 126 valence electrons. The van der Waals surface area contributed by atoms with Crippen molar-refractivity contribution in [1.29, 1.82) is 0 Å². The summed E-state index contributed by atoms with van der Waals surface area (Å²) in [6.07, 6.45) is 4.65. The smallest absolute Gasteiger partial charge is 0.208 e. The van der Waals surface area contributed by atoms with Crippen LogP contribution in [-0.2, 0) is 23.7 Å². The molecule has 2 atom stereocenters. The maximum absolute atomic E-state index is 5.94. The lowest BCUT2D eigenvalue weighted by atomic mass is 9.94. The molecule has 0 bridgehead atoms. The predicted molar refractivity (Wildman–Crippen MR) is 84.8 cm³/mol. The average molecular weight is 319 g/mol. The maximum atomic E-state index is 5.94. The van der Waals surface area contributed by atoms with Crippen LogP contribution in [0.15, 0.2) is 16.9 Å². The quantitative estimate of drug-likeness (QED) is 0.859. The Balaban J connectivity index is 1.79. The van der Waals surface area contributed by atoms with Gasteiger partial charge in [0, 0.05) is 26.1 Å². The van der Waals surface area contributed by atoms with E-state index in [4.69, 9.17) is 9.15 Å². The summed E-state index contributed by atoms with van der Waals surface area (Å²) >= 11 is 0. The van der Waals surface area contributed by atoms with Gasteiger partial charge in [-0.25, -0.2) is 4.98 Å². The fraction of sp³-hybridized carbons (Fsp3) is 0.688. The van der Waals surface area contributed by atoms with Gasteiger partial charge in [0.05, 0.1) is 24.9 Å². The molecule has 2 aromatic rings. The number of aryl methyl sites for hydroxylation is 1. The molecule has 0 amide bonds. The molecule has 0 radical (unpaired) electrons. The first-order valence-corrected chi connectivity index (χ1v) is 7.94. The van der Waals surface area contributed by atoms with Gasteiger partial charge in [-0.15, -0.1) is 10.2 Å². The molecular formula is C16H25N5O2. The van der Waals surface area contributed by atoms with E-state index in [0.29, 0.717) is 6.54 Å². The second-order valence-electron chi connectivity index (χ2n) is 7.21. The monoisotopic (exact) mass is 319 g/mol. The molecule has 23 heavy (non-hydrogen) atoms. The zero-order valence-corrected chi connectivity index (χ0v) is 14.5. The van der Waals surface area contributed by atoms with Gasteiger partial charge in [-0.3, -0.25) is 4.90 Å². The second kappa shape index (κ2) is 6.05. The SMILES string of the molecule is CO[C@@H]1C[C@@H](c2nncn2C)N(Cc2ncc(C(C)(C)C)o2)C1. The molecule has 0 unspecified atom stereocenters. The summed E-state index contributed by atoms with van der Waals surface area (Å²) < 4.78 is 13.5. The molecule has 1 saturated heterocycles. The Morgan fingerprint density at radius 1 is 1.39 bits per heavy atom. The van der Waals surface area contributed by atoms with Crippen LogP contribution in [0.25, 0.3) is 0 Å². The molecule has 0 aliphatic carbocycles. The van der Waals surface area contributed by atoms with Crippen molar-refractivity contribution >= 4 is 0 Å². The minimum atomic E-state index is -0.0334. The Kier molecular flexibility index (Phi) is 4.25. The Labute approximate surface area is 136 Å². The maximum Gasteiger partial charge on any atom is 0.208 e. The van der Waals surface area contributed by atoms with Crippen LogP contribution in [0, 0.1) is 0 Å². The first kappa shape index (κ1) is 16.1. The summed E-state index contributed by atoms with van der Waals surface area (Å²) in [5.74, 6) is 2.59. The van der Waals surface area contributed by atoms with Crippen LogP contribution >= 0.6 is 0 Å². The van der Waals surface area contributed by atoms with Crippen molar-refractivity contribution in [2.45, 2.75) is 51.3 Å². The highest BCUT2D eigenvalue weighted by atomic mass is 16.5. The van der Waals surface area contributed by atoms with Crippen molar-refractivity contribution in [3.05, 3.63) is 30.0 Å². The van der Waals surface area contributed by atoms with Gasteiger partial charge in [0.15, 0.2) is 0 Å². The van der Waals surface area contributed by atoms with E-state index >= 15 is 0 Å². The fourth-order valence-corrected chi connectivity index (χ4v) is 2.97.